The number of nitrogens with zero attached hydrogens (tertiary/aromatic N) is 6. The second-order valence-corrected chi connectivity index (χ2v) is 7.23. The Hall–Kier alpha value is -3.06. The van der Waals surface area contributed by atoms with Gasteiger partial charge in [-0.05, 0) is 43.2 Å². The first-order chi connectivity index (χ1) is 13.8. The zero-order valence-electron chi connectivity index (χ0n) is 15.0. The molecule has 0 radical (unpaired) electrons. The highest BCUT2D eigenvalue weighted by Gasteiger charge is 2.27. The maximum Gasteiger partial charge on any atom is 0.230 e. The van der Waals surface area contributed by atoms with Crippen molar-refractivity contribution in [2.75, 3.05) is 18.0 Å². The number of benzene rings is 1. The van der Waals surface area contributed by atoms with Crippen molar-refractivity contribution in [2.45, 2.75) is 18.8 Å². The fourth-order valence-corrected chi connectivity index (χ4v) is 3.77. The Kier molecular flexibility index (Phi) is 4.37. The van der Waals surface area contributed by atoms with Crippen molar-refractivity contribution in [3.05, 3.63) is 59.8 Å². The van der Waals surface area contributed by atoms with Gasteiger partial charge in [0, 0.05) is 35.6 Å². The zero-order chi connectivity index (χ0) is 18.9. The third-order valence-corrected chi connectivity index (χ3v) is 5.29. The fourth-order valence-electron chi connectivity index (χ4n) is 3.61. The molecule has 0 atom stereocenters. The number of halogens is 1. The molecule has 28 heavy (non-hydrogen) atoms. The second kappa shape index (κ2) is 7.16. The lowest BCUT2D eigenvalue weighted by Gasteiger charge is -2.31. The highest BCUT2D eigenvalue weighted by molar-refractivity contribution is 6.31. The Morgan fingerprint density at radius 3 is 2.75 bits per heavy atom. The summed E-state index contributed by atoms with van der Waals surface area (Å²) >= 11 is 6.09. The lowest BCUT2D eigenvalue weighted by atomic mass is 9.96. The normalized spacial score (nSPS) is 15.2. The molecule has 0 bridgehead atoms. The summed E-state index contributed by atoms with van der Waals surface area (Å²) in [6.45, 7) is 1.72. The van der Waals surface area contributed by atoms with E-state index < -0.39 is 0 Å². The molecule has 0 aliphatic carbocycles. The minimum Gasteiger partial charge on any atom is -0.356 e. The molecule has 1 saturated heterocycles. The summed E-state index contributed by atoms with van der Waals surface area (Å²) in [5.41, 5.74) is 1.58. The van der Waals surface area contributed by atoms with Gasteiger partial charge in [0.05, 0.1) is 5.52 Å². The van der Waals surface area contributed by atoms with E-state index in [1.165, 1.54) is 0 Å². The van der Waals surface area contributed by atoms with Crippen LogP contribution in [0.5, 0.6) is 0 Å². The molecule has 1 aliphatic rings. The molecule has 1 aromatic carbocycles. The Labute approximate surface area is 166 Å². The average molecular weight is 393 g/mol. The van der Waals surface area contributed by atoms with E-state index in [-0.39, 0.29) is 5.92 Å². The molecule has 1 aliphatic heterocycles. The van der Waals surface area contributed by atoms with Gasteiger partial charge in [0.1, 0.15) is 17.8 Å². The highest BCUT2D eigenvalue weighted by Crippen LogP contribution is 2.32. The summed E-state index contributed by atoms with van der Waals surface area (Å²) in [6, 6.07) is 11.4. The quantitative estimate of drug-likeness (QED) is 0.518. The maximum absolute atomic E-state index is 6.09. The Morgan fingerprint density at radius 1 is 1.04 bits per heavy atom. The number of hydrogen-bond acceptors (Lipinski definition) is 7. The van der Waals surface area contributed by atoms with Crippen LogP contribution >= 0.6 is 11.6 Å². The van der Waals surface area contributed by atoms with Crippen molar-refractivity contribution in [1.29, 1.82) is 0 Å². The standard InChI is InChI=1S/C20H17ClN6O/c21-14-4-5-15-17(11-14)23-12-24-19(15)27-9-6-13(7-10-27)20-25-18(26-28-20)16-3-1-2-8-22-16/h1-5,8,11-13H,6-7,9-10H2. The molecule has 4 heterocycles. The SMILES string of the molecule is Clc1ccc2c(N3CCC(c4nc(-c5ccccn5)no4)CC3)ncnc2c1. The van der Waals surface area contributed by atoms with Gasteiger partial charge < -0.3 is 9.42 Å². The van der Waals surface area contributed by atoms with E-state index in [1.54, 1.807) is 12.5 Å². The topological polar surface area (TPSA) is 80.8 Å². The van der Waals surface area contributed by atoms with Gasteiger partial charge in [-0.3, -0.25) is 4.98 Å². The van der Waals surface area contributed by atoms with Gasteiger partial charge >= 0.3 is 0 Å². The van der Waals surface area contributed by atoms with E-state index in [2.05, 4.69) is 30.0 Å². The van der Waals surface area contributed by atoms with Gasteiger partial charge in [-0.2, -0.15) is 4.98 Å². The largest absolute Gasteiger partial charge is 0.356 e. The van der Waals surface area contributed by atoms with E-state index in [9.17, 15) is 0 Å². The van der Waals surface area contributed by atoms with Gasteiger partial charge in [-0.1, -0.05) is 22.8 Å². The number of fused-ring (bicyclic) bond motifs is 1. The van der Waals surface area contributed by atoms with Gasteiger partial charge in [0.25, 0.3) is 0 Å². The van der Waals surface area contributed by atoms with Crippen LogP contribution < -0.4 is 4.90 Å². The summed E-state index contributed by atoms with van der Waals surface area (Å²) in [7, 11) is 0. The van der Waals surface area contributed by atoms with Crippen molar-refractivity contribution >= 4 is 28.3 Å². The van der Waals surface area contributed by atoms with E-state index in [0.717, 1.165) is 48.3 Å². The van der Waals surface area contributed by atoms with Crippen LogP contribution in [0.4, 0.5) is 5.82 Å². The lowest BCUT2D eigenvalue weighted by Crippen LogP contribution is -2.33. The number of pyridine rings is 1. The first kappa shape index (κ1) is 17.1. The fraction of sp³-hybridized carbons (Fsp3) is 0.250. The minimum absolute atomic E-state index is 0.240. The lowest BCUT2D eigenvalue weighted by molar-refractivity contribution is 0.329. The van der Waals surface area contributed by atoms with Crippen LogP contribution in [0.1, 0.15) is 24.7 Å². The van der Waals surface area contributed by atoms with E-state index in [0.29, 0.717) is 16.7 Å². The maximum atomic E-state index is 6.09. The summed E-state index contributed by atoms with van der Waals surface area (Å²) in [5.74, 6) is 2.40. The molecule has 0 spiro atoms. The summed E-state index contributed by atoms with van der Waals surface area (Å²) in [5, 5.41) is 5.78. The minimum atomic E-state index is 0.240. The Bertz CT molecular complexity index is 1110. The number of hydrogen-bond donors (Lipinski definition) is 0. The molecule has 5 rings (SSSR count). The summed E-state index contributed by atoms with van der Waals surface area (Å²) in [6.07, 6.45) is 5.16. The van der Waals surface area contributed by atoms with Crippen molar-refractivity contribution < 1.29 is 4.52 Å². The van der Waals surface area contributed by atoms with Crippen LogP contribution in [0.15, 0.2) is 53.4 Å². The molecule has 0 N–H and O–H groups in total. The van der Waals surface area contributed by atoms with Crippen molar-refractivity contribution in [3.63, 3.8) is 0 Å². The van der Waals surface area contributed by atoms with Crippen LogP contribution in [0.3, 0.4) is 0 Å². The average Bonchev–Trinajstić information content (AvgIpc) is 3.24. The smallest absolute Gasteiger partial charge is 0.230 e. The third-order valence-electron chi connectivity index (χ3n) is 5.06. The molecule has 1 fully saturated rings. The third kappa shape index (κ3) is 3.18. The molecular weight excluding hydrogens is 376 g/mol. The highest BCUT2D eigenvalue weighted by atomic mass is 35.5. The summed E-state index contributed by atoms with van der Waals surface area (Å²) < 4.78 is 5.52. The van der Waals surface area contributed by atoms with Gasteiger partial charge in [0.15, 0.2) is 0 Å². The molecule has 8 heteroatoms. The number of rotatable bonds is 3. The molecule has 0 amide bonds. The predicted molar refractivity (Wildman–Crippen MR) is 106 cm³/mol. The van der Waals surface area contributed by atoms with Crippen molar-refractivity contribution in [3.8, 4) is 11.5 Å². The Balaban J connectivity index is 1.33. The van der Waals surface area contributed by atoms with Gasteiger partial charge in [-0.25, -0.2) is 9.97 Å². The van der Waals surface area contributed by atoms with E-state index >= 15 is 0 Å². The van der Waals surface area contributed by atoms with Crippen molar-refractivity contribution in [2.24, 2.45) is 0 Å². The number of piperidine rings is 1. The first-order valence-electron chi connectivity index (χ1n) is 9.18. The summed E-state index contributed by atoms with van der Waals surface area (Å²) in [4.78, 5) is 20.0. The van der Waals surface area contributed by atoms with Crippen LogP contribution in [0.25, 0.3) is 22.4 Å². The van der Waals surface area contributed by atoms with Crippen LogP contribution in [0, 0.1) is 0 Å². The molecule has 4 aromatic rings. The van der Waals surface area contributed by atoms with Gasteiger partial charge in [0.2, 0.25) is 11.7 Å². The van der Waals surface area contributed by atoms with E-state index in [1.807, 2.05) is 36.4 Å². The van der Waals surface area contributed by atoms with Crippen LogP contribution in [0.2, 0.25) is 5.02 Å². The zero-order valence-corrected chi connectivity index (χ0v) is 15.8. The first-order valence-corrected chi connectivity index (χ1v) is 9.56. The van der Waals surface area contributed by atoms with Crippen molar-refractivity contribution in [1.82, 2.24) is 25.1 Å². The second-order valence-electron chi connectivity index (χ2n) is 6.79. The molecule has 140 valence electrons. The molecule has 3 aromatic heterocycles. The predicted octanol–water partition coefficient (Wildman–Crippen LogP) is 4.11. The van der Waals surface area contributed by atoms with Crippen LogP contribution in [-0.2, 0) is 0 Å². The number of aromatic nitrogens is 5. The molecule has 0 saturated carbocycles. The van der Waals surface area contributed by atoms with Gasteiger partial charge in [-0.15, -0.1) is 0 Å². The van der Waals surface area contributed by atoms with Crippen LogP contribution in [-0.4, -0.2) is 38.2 Å². The monoisotopic (exact) mass is 392 g/mol. The molecular formula is C20H17ClN6O. The van der Waals surface area contributed by atoms with E-state index in [4.69, 9.17) is 16.1 Å². The Morgan fingerprint density at radius 2 is 1.93 bits per heavy atom. The molecule has 0 unspecified atom stereocenters. The molecule has 7 nitrogen and oxygen atoms in total. The number of anilines is 1.